The maximum Gasteiger partial charge on any atom is 0.191 e. The summed E-state index contributed by atoms with van der Waals surface area (Å²) in [7, 11) is 3.90. The van der Waals surface area contributed by atoms with Gasteiger partial charge in [-0.1, -0.05) is 6.07 Å². The molecule has 2 N–H and O–H groups in total. The molecule has 0 spiro atoms. The van der Waals surface area contributed by atoms with Gasteiger partial charge in [-0.3, -0.25) is 9.98 Å². The maximum absolute atomic E-state index is 5.72. The number of aromatic nitrogens is 1. The average Bonchev–Trinajstić information content (AvgIpc) is 2.52. The zero-order valence-corrected chi connectivity index (χ0v) is 15.6. The Kier molecular flexibility index (Phi) is 9.33. The first-order valence-corrected chi connectivity index (χ1v) is 7.42. The van der Waals surface area contributed by atoms with Crippen LogP contribution in [-0.4, -0.2) is 68.8 Å². The fourth-order valence-electron chi connectivity index (χ4n) is 2.28. The van der Waals surface area contributed by atoms with Crippen LogP contribution in [0.25, 0.3) is 0 Å². The predicted octanol–water partition coefficient (Wildman–Crippen LogP) is 0.738. The minimum absolute atomic E-state index is 0. The molecule has 22 heavy (non-hydrogen) atoms. The molecule has 1 unspecified atom stereocenters. The summed E-state index contributed by atoms with van der Waals surface area (Å²) in [5.74, 6) is 0.808. The van der Waals surface area contributed by atoms with Crippen molar-refractivity contribution in [1.29, 1.82) is 0 Å². The Morgan fingerprint density at radius 1 is 1.45 bits per heavy atom. The van der Waals surface area contributed by atoms with E-state index in [0.717, 1.165) is 50.9 Å². The molecule has 1 fully saturated rings. The van der Waals surface area contributed by atoms with Crippen molar-refractivity contribution < 1.29 is 4.74 Å². The lowest BCUT2D eigenvalue weighted by Gasteiger charge is -2.30. The fraction of sp³-hybridized carbons (Fsp3) is 0.600. The molecule has 0 aliphatic carbocycles. The van der Waals surface area contributed by atoms with Crippen molar-refractivity contribution in [3.63, 3.8) is 0 Å². The van der Waals surface area contributed by atoms with Crippen molar-refractivity contribution in [2.75, 3.05) is 46.9 Å². The highest BCUT2D eigenvalue weighted by Gasteiger charge is 2.17. The van der Waals surface area contributed by atoms with Gasteiger partial charge >= 0.3 is 0 Å². The summed E-state index contributed by atoms with van der Waals surface area (Å²) in [6.45, 7) is 4.34. The number of halogens is 1. The topological polar surface area (TPSA) is 61.8 Å². The summed E-state index contributed by atoms with van der Waals surface area (Å²) in [6, 6.07) is 5.97. The molecule has 2 heterocycles. The van der Waals surface area contributed by atoms with Crippen LogP contribution in [0.2, 0.25) is 0 Å². The van der Waals surface area contributed by atoms with Crippen LogP contribution in [-0.2, 0) is 11.2 Å². The normalized spacial score (nSPS) is 19.4. The number of rotatable bonds is 5. The van der Waals surface area contributed by atoms with Crippen LogP contribution in [0.3, 0.4) is 0 Å². The fourth-order valence-corrected chi connectivity index (χ4v) is 2.28. The van der Waals surface area contributed by atoms with Gasteiger partial charge in [-0.15, -0.1) is 24.0 Å². The number of ether oxygens (including phenoxy) is 1. The highest BCUT2D eigenvalue weighted by atomic mass is 127. The number of nitrogens with zero attached hydrogens (tertiary/aromatic N) is 3. The molecular weight excluding hydrogens is 393 g/mol. The first-order chi connectivity index (χ1) is 10.3. The van der Waals surface area contributed by atoms with Crippen molar-refractivity contribution in [3.05, 3.63) is 30.1 Å². The van der Waals surface area contributed by atoms with Gasteiger partial charge in [0.15, 0.2) is 5.96 Å². The van der Waals surface area contributed by atoms with Gasteiger partial charge in [0, 0.05) is 51.5 Å². The molecule has 1 aliphatic heterocycles. The lowest BCUT2D eigenvalue weighted by Crippen LogP contribution is -2.48. The molecule has 0 bridgehead atoms. The van der Waals surface area contributed by atoms with Crippen LogP contribution in [0.5, 0.6) is 0 Å². The first kappa shape index (κ1) is 19.1. The van der Waals surface area contributed by atoms with E-state index in [1.807, 2.05) is 24.4 Å². The van der Waals surface area contributed by atoms with Gasteiger partial charge in [0.1, 0.15) is 0 Å². The number of guanidine groups is 1. The second-order valence-electron chi connectivity index (χ2n) is 5.21. The smallest absolute Gasteiger partial charge is 0.191 e. The number of hydrogen-bond acceptors (Lipinski definition) is 4. The molecule has 6 nitrogen and oxygen atoms in total. The van der Waals surface area contributed by atoms with Gasteiger partial charge in [-0.25, -0.2) is 0 Å². The van der Waals surface area contributed by atoms with Gasteiger partial charge in [0.05, 0.1) is 12.7 Å². The standard InChI is InChI=1S/C15H25N5O.HI/c1-16-15(18-8-6-13-5-3-4-7-17-13)19-11-14-12-20(2)9-10-21-14;/h3-5,7,14H,6,8-12H2,1-2H3,(H2,16,18,19);1H. The Labute approximate surface area is 149 Å². The zero-order valence-electron chi connectivity index (χ0n) is 13.3. The van der Waals surface area contributed by atoms with E-state index < -0.39 is 0 Å². The van der Waals surface area contributed by atoms with Crippen LogP contribution in [0, 0.1) is 0 Å². The number of hydrogen-bond donors (Lipinski definition) is 2. The second kappa shape index (κ2) is 10.7. The third-order valence-corrected chi connectivity index (χ3v) is 3.46. The van der Waals surface area contributed by atoms with Crippen molar-refractivity contribution in [3.8, 4) is 0 Å². The minimum atomic E-state index is 0. The summed E-state index contributed by atoms with van der Waals surface area (Å²) in [5.41, 5.74) is 1.08. The van der Waals surface area contributed by atoms with E-state index in [2.05, 4.69) is 32.6 Å². The summed E-state index contributed by atoms with van der Waals surface area (Å²) in [4.78, 5) is 10.8. The highest BCUT2D eigenvalue weighted by Crippen LogP contribution is 2.01. The zero-order chi connectivity index (χ0) is 14.9. The molecule has 0 saturated carbocycles. The molecule has 1 aromatic heterocycles. The highest BCUT2D eigenvalue weighted by molar-refractivity contribution is 14.0. The van der Waals surface area contributed by atoms with E-state index in [0.29, 0.717) is 0 Å². The lowest BCUT2D eigenvalue weighted by atomic mass is 10.2. The molecular formula is C15H26IN5O. The van der Waals surface area contributed by atoms with E-state index in [1.165, 1.54) is 0 Å². The summed E-state index contributed by atoms with van der Waals surface area (Å²) >= 11 is 0. The molecule has 1 aliphatic rings. The number of nitrogens with one attached hydrogen (secondary N) is 2. The van der Waals surface area contributed by atoms with Crippen molar-refractivity contribution >= 4 is 29.9 Å². The maximum atomic E-state index is 5.72. The third-order valence-electron chi connectivity index (χ3n) is 3.46. The molecule has 7 heteroatoms. The minimum Gasteiger partial charge on any atom is -0.374 e. The SMILES string of the molecule is CN=C(NCCc1ccccn1)NCC1CN(C)CCO1.I. The Bertz CT molecular complexity index is 443. The molecule has 124 valence electrons. The van der Waals surface area contributed by atoms with Crippen LogP contribution in [0.1, 0.15) is 5.69 Å². The van der Waals surface area contributed by atoms with Crippen LogP contribution in [0.15, 0.2) is 29.4 Å². The van der Waals surface area contributed by atoms with Crippen molar-refractivity contribution in [1.82, 2.24) is 20.5 Å². The quantitative estimate of drug-likeness (QED) is 0.419. The van der Waals surface area contributed by atoms with E-state index in [9.17, 15) is 0 Å². The van der Waals surface area contributed by atoms with Crippen LogP contribution in [0.4, 0.5) is 0 Å². The largest absolute Gasteiger partial charge is 0.374 e. The Hall–Kier alpha value is -0.930. The van der Waals surface area contributed by atoms with E-state index in [1.54, 1.807) is 7.05 Å². The number of pyridine rings is 1. The molecule has 0 amide bonds. The van der Waals surface area contributed by atoms with Crippen LogP contribution >= 0.6 is 24.0 Å². The number of morpholine rings is 1. The average molecular weight is 419 g/mol. The van der Waals surface area contributed by atoms with Crippen molar-refractivity contribution in [2.45, 2.75) is 12.5 Å². The summed E-state index contributed by atoms with van der Waals surface area (Å²) in [6.07, 6.45) is 2.92. The molecule has 2 rings (SSSR count). The van der Waals surface area contributed by atoms with Gasteiger partial charge in [-0.05, 0) is 19.2 Å². The Morgan fingerprint density at radius 3 is 3.00 bits per heavy atom. The first-order valence-electron chi connectivity index (χ1n) is 7.42. The molecule has 1 atom stereocenters. The monoisotopic (exact) mass is 419 g/mol. The predicted molar refractivity (Wildman–Crippen MR) is 100.0 cm³/mol. The van der Waals surface area contributed by atoms with Gasteiger partial charge in [0.25, 0.3) is 0 Å². The van der Waals surface area contributed by atoms with Crippen LogP contribution < -0.4 is 10.6 Å². The lowest BCUT2D eigenvalue weighted by molar-refractivity contribution is -0.0161. The molecule has 0 radical (unpaired) electrons. The third kappa shape index (κ3) is 6.89. The van der Waals surface area contributed by atoms with Gasteiger partial charge in [0.2, 0.25) is 0 Å². The van der Waals surface area contributed by atoms with E-state index in [4.69, 9.17) is 4.74 Å². The van der Waals surface area contributed by atoms with Gasteiger partial charge < -0.3 is 20.3 Å². The Balaban J connectivity index is 0.00000242. The van der Waals surface area contributed by atoms with Gasteiger partial charge in [-0.2, -0.15) is 0 Å². The second-order valence-corrected chi connectivity index (χ2v) is 5.21. The number of likely N-dealkylation sites (N-methyl/N-ethyl adjacent to an activating group) is 1. The van der Waals surface area contributed by atoms with Crippen molar-refractivity contribution in [2.24, 2.45) is 4.99 Å². The summed E-state index contributed by atoms with van der Waals surface area (Å²) < 4.78 is 5.72. The molecule has 0 aromatic carbocycles. The summed E-state index contributed by atoms with van der Waals surface area (Å²) in [5, 5.41) is 6.61. The molecule has 1 aromatic rings. The van der Waals surface area contributed by atoms with E-state index >= 15 is 0 Å². The Morgan fingerprint density at radius 2 is 2.32 bits per heavy atom. The number of aliphatic imine (C=N–C) groups is 1. The molecule has 1 saturated heterocycles. The van der Waals surface area contributed by atoms with E-state index in [-0.39, 0.29) is 30.1 Å².